The van der Waals surface area contributed by atoms with Gasteiger partial charge in [-0.05, 0) is 83.2 Å². The third-order valence-electron chi connectivity index (χ3n) is 8.47. The second-order valence-electron chi connectivity index (χ2n) is 11.2. The van der Waals surface area contributed by atoms with Crippen LogP contribution in [0.3, 0.4) is 0 Å². The summed E-state index contributed by atoms with van der Waals surface area (Å²) in [6.45, 7) is 0. The van der Waals surface area contributed by atoms with E-state index in [2.05, 4.69) is 126 Å². The van der Waals surface area contributed by atoms with E-state index in [0.29, 0.717) is 5.89 Å². The molecule has 0 aliphatic heterocycles. The number of benzene rings is 7. The van der Waals surface area contributed by atoms with Crippen LogP contribution >= 0.6 is 11.3 Å². The van der Waals surface area contributed by atoms with Crippen LogP contribution < -0.4 is 4.90 Å². The molecular formula is C41H26N2OS. The second-order valence-corrected chi connectivity index (χ2v) is 12.3. The van der Waals surface area contributed by atoms with Gasteiger partial charge in [-0.25, -0.2) is 4.98 Å². The molecule has 45 heavy (non-hydrogen) atoms. The van der Waals surface area contributed by atoms with Gasteiger partial charge in [0.1, 0.15) is 5.52 Å². The van der Waals surface area contributed by atoms with Crippen molar-refractivity contribution in [2.24, 2.45) is 0 Å². The van der Waals surface area contributed by atoms with Crippen LogP contribution in [0.5, 0.6) is 0 Å². The number of aromatic nitrogens is 1. The van der Waals surface area contributed by atoms with E-state index in [1.54, 1.807) is 0 Å². The van der Waals surface area contributed by atoms with Crippen molar-refractivity contribution in [2.75, 3.05) is 4.90 Å². The summed E-state index contributed by atoms with van der Waals surface area (Å²) in [6, 6.07) is 55.6. The zero-order valence-corrected chi connectivity index (χ0v) is 25.0. The van der Waals surface area contributed by atoms with E-state index in [0.717, 1.165) is 44.5 Å². The van der Waals surface area contributed by atoms with Crippen LogP contribution in [0, 0.1) is 0 Å². The predicted molar refractivity (Wildman–Crippen MR) is 190 cm³/mol. The van der Waals surface area contributed by atoms with E-state index >= 15 is 0 Å². The molecule has 0 unspecified atom stereocenters. The van der Waals surface area contributed by atoms with Gasteiger partial charge in [0.25, 0.3) is 0 Å². The highest BCUT2D eigenvalue weighted by Crippen LogP contribution is 2.43. The van der Waals surface area contributed by atoms with Gasteiger partial charge in [-0.2, -0.15) is 0 Å². The number of hydrogen-bond donors (Lipinski definition) is 0. The fraction of sp³-hybridized carbons (Fsp3) is 0. The highest BCUT2D eigenvalue weighted by molar-refractivity contribution is 7.25. The molecule has 2 aromatic heterocycles. The number of rotatable bonds is 5. The van der Waals surface area contributed by atoms with Gasteiger partial charge in [0.2, 0.25) is 5.89 Å². The Morgan fingerprint density at radius 3 is 2.09 bits per heavy atom. The molecular weight excluding hydrogens is 569 g/mol. The van der Waals surface area contributed by atoms with Crippen LogP contribution in [0.2, 0.25) is 0 Å². The number of nitrogens with zero attached hydrogens (tertiary/aromatic N) is 2. The number of anilines is 3. The molecule has 0 atom stereocenters. The average Bonchev–Trinajstić information content (AvgIpc) is 3.72. The molecule has 9 rings (SSSR count). The lowest BCUT2D eigenvalue weighted by Gasteiger charge is -2.26. The summed E-state index contributed by atoms with van der Waals surface area (Å²) in [5.41, 5.74) is 8.27. The van der Waals surface area contributed by atoms with Gasteiger partial charge in [-0.3, -0.25) is 0 Å². The molecule has 9 aromatic rings. The summed E-state index contributed by atoms with van der Waals surface area (Å²) in [6.07, 6.45) is 0. The van der Waals surface area contributed by atoms with Gasteiger partial charge in [0, 0.05) is 48.2 Å². The van der Waals surface area contributed by atoms with Crippen LogP contribution in [-0.4, -0.2) is 4.98 Å². The summed E-state index contributed by atoms with van der Waals surface area (Å²) in [5.74, 6) is 0.631. The van der Waals surface area contributed by atoms with Crippen molar-refractivity contribution < 1.29 is 4.42 Å². The first kappa shape index (κ1) is 25.8. The first-order valence-corrected chi connectivity index (χ1v) is 15.9. The van der Waals surface area contributed by atoms with Crippen molar-refractivity contribution in [1.29, 1.82) is 0 Å². The van der Waals surface area contributed by atoms with Gasteiger partial charge in [0.15, 0.2) is 5.58 Å². The topological polar surface area (TPSA) is 29.3 Å². The summed E-state index contributed by atoms with van der Waals surface area (Å²) in [4.78, 5) is 7.15. The van der Waals surface area contributed by atoms with E-state index in [1.165, 1.54) is 31.3 Å². The van der Waals surface area contributed by atoms with Crippen LogP contribution in [0.15, 0.2) is 162 Å². The van der Waals surface area contributed by atoms with Crippen molar-refractivity contribution in [1.82, 2.24) is 4.98 Å². The van der Waals surface area contributed by atoms with Crippen LogP contribution in [-0.2, 0) is 0 Å². The molecule has 0 saturated carbocycles. The molecule has 2 heterocycles. The number of thiophene rings is 1. The van der Waals surface area contributed by atoms with Gasteiger partial charge in [0.05, 0.1) is 0 Å². The minimum Gasteiger partial charge on any atom is -0.435 e. The standard InChI is InChI=1S/C41H26N2OS/c1-3-11-28(12-4-1)41-42-36-24-22-27-21-23-32(26-35(27)40(36)44-41)43(30-14-5-2-6-15-30)31-16-9-13-29(25-31)33-18-10-20-38-39(33)34-17-7-8-19-37(34)45-38/h1-26H. The molecule has 3 nitrogen and oxygen atoms in total. The molecule has 0 saturated heterocycles. The predicted octanol–water partition coefficient (Wildman–Crippen LogP) is 12.2. The van der Waals surface area contributed by atoms with E-state index < -0.39 is 0 Å². The van der Waals surface area contributed by atoms with E-state index in [1.807, 2.05) is 47.7 Å². The highest BCUT2D eigenvalue weighted by Gasteiger charge is 2.18. The SMILES string of the molecule is c1ccc(-c2nc3ccc4ccc(N(c5ccccc5)c5cccc(-c6cccc7sc8ccccc8c67)c5)cc4c3o2)cc1. The molecule has 0 aliphatic carbocycles. The number of para-hydroxylation sites is 1. The molecule has 212 valence electrons. The van der Waals surface area contributed by atoms with E-state index in [-0.39, 0.29) is 0 Å². The van der Waals surface area contributed by atoms with E-state index in [9.17, 15) is 0 Å². The smallest absolute Gasteiger partial charge is 0.227 e. The Labute approximate surface area is 264 Å². The van der Waals surface area contributed by atoms with Gasteiger partial charge >= 0.3 is 0 Å². The van der Waals surface area contributed by atoms with Gasteiger partial charge in [-0.15, -0.1) is 11.3 Å². The second kappa shape index (κ2) is 10.5. The fourth-order valence-electron chi connectivity index (χ4n) is 6.39. The Bertz CT molecular complexity index is 2500. The monoisotopic (exact) mass is 594 g/mol. The summed E-state index contributed by atoms with van der Waals surface area (Å²) in [7, 11) is 0. The Hall–Kier alpha value is -5.71. The summed E-state index contributed by atoms with van der Waals surface area (Å²) in [5, 5.41) is 4.76. The van der Waals surface area contributed by atoms with Crippen molar-refractivity contribution in [3.8, 4) is 22.6 Å². The molecule has 0 N–H and O–H groups in total. The lowest BCUT2D eigenvalue weighted by Crippen LogP contribution is -2.09. The first-order chi connectivity index (χ1) is 22.3. The van der Waals surface area contributed by atoms with E-state index in [4.69, 9.17) is 9.40 Å². The summed E-state index contributed by atoms with van der Waals surface area (Å²) < 4.78 is 9.05. The molecule has 0 spiro atoms. The Balaban J connectivity index is 1.22. The summed E-state index contributed by atoms with van der Waals surface area (Å²) >= 11 is 1.85. The van der Waals surface area contributed by atoms with Crippen molar-refractivity contribution in [3.05, 3.63) is 158 Å². The minimum atomic E-state index is 0.631. The normalized spacial score (nSPS) is 11.6. The number of oxazole rings is 1. The van der Waals surface area contributed by atoms with Crippen LogP contribution in [0.4, 0.5) is 17.1 Å². The Kier molecular flexibility index (Phi) is 6.00. The van der Waals surface area contributed by atoms with Gasteiger partial charge in [-0.1, -0.05) is 91.0 Å². The molecule has 4 heteroatoms. The fourth-order valence-corrected chi connectivity index (χ4v) is 7.52. The maximum Gasteiger partial charge on any atom is 0.227 e. The Morgan fingerprint density at radius 1 is 0.511 bits per heavy atom. The average molecular weight is 595 g/mol. The highest BCUT2D eigenvalue weighted by atomic mass is 32.1. The number of fused-ring (bicyclic) bond motifs is 6. The van der Waals surface area contributed by atoms with Crippen LogP contribution in [0.1, 0.15) is 0 Å². The van der Waals surface area contributed by atoms with Gasteiger partial charge < -0.3 is 9.32 Å². The third-order valence-corrected chi connectivity index (χ3v) is 9.60. The maximum absolute atomic E-state index is 6.43. The zero-order chi connectivity index (χ0) is 29.7. The molecule has 7 aromatic carbocycles. The Morgan fingerprint density at radius 2 is 1.20 bits per heavy atom. The zero-order valence-electron chi connectivity index (χ0n) is 24.2. The molecule has 0 bridgehead atoms. The minimum absolute atomic E-state index is 0.631. The maximum atomic E-state index is 6.43. The van der Waals surface area contributed by atoms with Crippen molar-refractivity contribution in [2.45, 2.75) is 0 Å². The first-order valence-electron chi connectivity index (χ1n) is 15.0. The third kappa shape index (κ3) is 4.38. The lowest BCUT2D eigenvalue weighted by molar-refractivity contribution is 0.623. The van der Waals surface area contributed by atoms with Crippen molar-refractivity contribution >= 4 is 70.4 Å². The molecule has 0 aliphatic rings. The molecule has 0 fully saturated rings. The largest absolute Gasteiger partial charge is 0.435 e. The number of hydrogen-bond acceptors (Lipinski definition) is 4. The van der Waals surface area contributed by atoms with Crippen molar-refractivity contribution in [3.63, 3.8) is 0 Å². The molecule has 0 radical (unpaired) electrons. The quantitative estimate of drug-likeness (QED) is 0.198. The lowest BCUT2D eigenvalue weighted by atomic mass is 9.98. The molecule has 0 amide bonds. The van der Waals surface area contributed by atoms with Crippen LogP contribution in [0.25, 0.3) is 64.6 Å².